The normalized spacial score (nSPS) is 15.7. The molecule has 1 aliphatic carbocycles. The lowest BCUT2D eigenvalue weighted by Gasteiger charge is -2.26. The molecule has 0 bridgehead atoms. The Kier molecular flexibility index (Phi) is 5.19. The van der Waals surface area contributed by atoms with Crippen LogP contribution < -0.4 is 5.32 Å². The van der Waals surface area contributed by atoms with Crippen molar-refractivity contribution >= 4 is 28.7 Å². The fraction of sp³-hybridized carbons (Fsp3) is 0.217. The molecule has 0 saturated carbocycles. The van der Waals surface area contributed by atoms with Crippen LogP contribution in [-0.4, -0.2) is 31.4 Å². The predicted octanol–water partition coefficient (Wildman–Crippen LogP) is 4.10. The summed E-state index contributed by atoms with van der Waals surface area (Å²) in [6.07, 6.45) is 6.46. The van der Waals surface area contributed by atoms with Gasteiger partial charge >= 0.3 is 0 Å². The molecule has 2 heterocycles. The molecule has 0 radical (unpaired) electrons. The molecule has 0 spiro atoms. The molecule has 2 aromatic heterocycles. The van der Waals surface area contributed by atoms with Gasteiger partial charge in [-0.1, -0.05) is 54.2 Å². The number of para-hydroxylation sites is 1. The predicted molar refractivity (Wildman–Crippen MR) is 118 cm³/mol. The van der Waals surface area contributed by atoms with Gasteiger partial charge in [0.05, 0.1) is 29.1 Å². The Morgan fingerprint density at radius 3 is 2.83 bits per heavy atom. The number of amides is 1. The largest absolute Gasteiger partial charge is 0.349 e. The Labute approximate surface area is 178 Å². The highest BCUT2D eigenvalue weighted by Gasteiger charge is 2.21. The maximum Gasteiger partial charge on any atom is 0.230 e. The van der Waals surface area contributed by atoms with Crippen molar-refractivity contribution < 1.29 is 4.79 Å². The van der Waals surface area contributed by atoms with E-state index >= 15 is 0 Å². The zero-order valence-corrected chi connectivity index (χ0v) is 17.2. The van der Waals surface area contributed by atoms with Crippen LogP contribution in [-0.2, 0) is 11.2 Å². The first kappa shape index (κ1) is 18.8. The van der Waals surface area contributed by atoms with Gasteiger partial charge < -0.3 is 5.32 Å². The maximum atomic E-state index is 12.7. The Hall–Kier alpha value is -3.19. The van der Waals surface area contributed by atoms with Crippen LogP contribution >= 0.6 is 11.8 Å². The van der Waals surface area contributed by atoms with Gasteiger partial charge in [0, 0.05) is 0 Å². The topological polar surface area (TPSA) is 72.7 Å². The summed E-state index contributed by atoms with van der Waals surface area (Å²) in [6, 6.07) is 18.3. The second kappa shape index (κ2) is 8.28. The molecule has 7 heteroatoms. The van der Waals surface area contributed by atoms with E-state index in [4.69, 9.17) is 0 Å². The third kappa shape index (κ3) is 3.68. The van der Waals surface area contributed by atoms with Crippen LogP contribution in [0.25, 0.3) is 16.7 Å². The summed E-state index contributed by atoms with van der Waals surface area (Å²) in [6.45, 7) is 0. The van der Waals surface area contributed by atoms with E-state index in [9.17, 15) is 4.79 Å². The van der Waals surface area contributed by atoms with E-state index in [-0.39, 0.29) is 11.9 Å². The quantitative estimate of drug-likeness (QED) is 0.392. The Morgan fingerprint density at radius 2 is 1.93 bits per heavy atom. The van der Waals surface area contributed by atoms with Crippen molar-refractivity contribution in [3.8, 4) is 5.69 Å². The molecule has 0 aliphatic heterocycles. The molecule has 1 unspecified atom stereocenters. The van der Waals surface area contributed by atoms with Crippen molar-refractivity contribution in [3.63, 3.8) is 0 Å². The van der Waals surface area contributed by atoms with Gasteiger partial charge in [-0.15, -0.1) is 0 Å². The molecular weight excluding hydrogens is 394 g/mol. The number of fused-ring (bicyclic) bond motifs is 2. The van der Waals surface area contributed by atoms with Crippen LogP contribution in [0.3, 0.4) is 0 Å². The van der Waals surface area contributed by atoms with E-state index in [1.807, 2.05) is 36.4 Å². The highest BCUT2D eigenvalue weighted by molar-refractivity contribution is 8.00. The summed E-state index contributed by atoms with van der Waals surface area (Å²) in [4.78, 5) is 21.4. The Bertz CT molecular complexity index is 1190. The number of nitrogens with zero attached hydrogens (tertiary/aromatic N) is 4. The van der Waals surface area contributed by atoms with Crippen LogP contribution in [0.2, 0.25) is 0 Å². The Balaban J connectivity index is 1.30. The summed E-state index contributed by atoms with van der Waals surface area (Å²) >= 11 is 1.42. The van der Waals surface area contributed by atoms with Crippen LogP contribution in [0.4, 0.5) is 0 Å². The average Bonchev–Trinajstić information content (AvgIpc) is 3.23. The number of hydrogen-bond donors (Lipinski definition) is 1. The number of aromatic nitrogens is 4. The molecule has 0 fully saturated rings. The molecule has 150 valence electrons. The minimum absolute atomic E-state index is 0.0175. The van der Waals surface area contributed by atoms with Crippen LogP contribution in [0.15, 0.2) is 72.1 Å². The van der Waals surface area contributed by atoms with Gasteiger partial charge in [-0.05, 0) is 42.5 Å². The van der Waals surface area contributed by atoms with Crippen LogP contribution in [0.5, 0.6) is 0 Å². The first-order valence-electron chi connectivity index (χ1n) is 10.0. The molecule has 0 saturated heterocycles. The van der Waals surface area contributed by atoms with Gasteiger partial charge in [0.2, 0.25) is 5.91 Å². The van der Waals surface area contributed by atoms with Crippen molar-refractivity contribution in [2.45, 2.75) is 30.3 Å². The second-order valence-corrected chi connectivity index (χ2v) is 8.27. The van der Waals surface area contributed by atoms with Crippen molar-refractivity contribution in [2.24, 2.45) is 0 Å². The first-order valence-corrected chi connectivity index (χ1v) is 11.0. The number of rotatable bonds is 5. The van der Waals surface area contributed by atoms with E-state index in [1.54, 1.807) is 10.9 Å². The molecule has 6 nitrogen and oxygen atoms in total. The summed E-state index contributed by atoms with van der Waals surface area (Å²) in [5, 5.41) is 9.29. The maximum absolute atomic E-state index is 12.7. The number of hydrogen-bond acceptors (Lipinski definition) is 5. The van der Waals surface area contributed by atoms with Gasteiger partial charge in [-0.25, -0.2) is 14.6 Å². The van der Waals surface area contributed by atoms with Gasteiger partial charge in [-0.3, -0.25) is 4.79 Å². The van der Waals surface area contributed by atoms with E-state index in [1.165, 1.54) is 29.2 Å². The lowest BCUT2D eigenvalue weighted by atomic mass is 9.88. The third-order valence-electron chi connectivity index (χ3n) is 5.37. The lowest BCUT2D eigenvalue weighted by molar-refractivity contribution is -0.119. The van der Waals surface area contributed by atoms with Crippen molar-refractivity contribution in [2.75, 3.05) is 5.75 Å². The van der Waals surface area contributed by atoms with E-state index in [0.29, 0.717) is 5.75 Å². The van der Waals surface area contributed by atoms with Crippen LogP contribution in [0.1, 0.15) is 30.0 Å². The SMILES string of the molecule is O=C(CSc1ncnc2c1cnn2-c1ccccc1)NC1CCCc2ccccc21. The Morgan fingerprint density at radius 1 is 1.10 bits per heavy atom. The van der Waals surface area contributed by atoms with Crippen LogP contribution in [0, 0.1) is 0 Å². The smallest absolute Gasteiger partial charge is 0.230 e. The number of nitrogens with one attached hydrogen (secondary N) is 1. The van der Waals surface area contributed by atoms with E-state index in [0.717, 1.165) is 41.0 Å². The summed E-state index contributed by atoms with van der Waals surface area (Å²) in [7, 11) is 0. The monoisotopic (exact) mass is 415 g/mol. The third-order valence-corrected chi connectivity index (χ3v) is 6.38. The van der Waals surface area contributed by atoms with E-state index in [2.05, 4.69) is 38.6 Å². The zero-order chi connectivity index (χ0) is 20.3. The molecule has 1 atom stereocenters. The lowest BCUT2D eigenvalue weighted by Crippen LogP contribution is -2.32. The molecule has 30 heavy (non-hydrogen) atoms. The van der Waals surface area contributed by atoms with Gasteiger partial charge in [0.25, 0.3) is 0 Å². The number of thioether (sulfide) groups is 1. The minimum atomic E-state index is 0.0175. The zero-order valence-electron chi connectivity index (χ0n) is 16.4. The fourth-order valence-electron chi connectivity index (χ4n) is 3.97. The number of aryl methyl sites for hydroxylation is 1. The number of benzene rings is 2. The standard InChI is InChI=1S/C23H21N5OS/c29-21(27-20-12-6-8-16-7-4-5-11-18(16)20)14-30-23-19-13-26-28(22(19)24-15-25-23)17-9-2-1-3-10-17/h1-5,7,9-11,13,15,20H,6,8,12,14H2,(H,27,29). The molecule has 1 aliphatic rings. The molecule has 1 N–H and O–H groups in total. The van der Waals surface area contributed by atoms with Gasteiger partial charge in [0.15, 0.2) is 5.65 Å². The summed E-state index contributed by atoms with van der Waals surface area (Å²) in [5.74, 6) is 0.324. The first-order chi connectivity index (χ1) is 14.8. The highest BCUT2D eigenvalue weighted by atomic mass is 32.2. The summed E-state index contributed by atoms with van der Waals surface area (Å²) < 4.78 is 1.79. The van der Waals surface area contributed by atoms with E-state index < -0.39 is 0 Å². The molecule has 1 amide bonds. The molecule has 2 aromatic carbocycles. The molecular formula is C23H21N5OS. The highest BCUT2D eigenvalue weighted by Crippen LogP contribution is 2.30. The second-order valence-electron chi connectivity index (χ2n) is 7.31. The number of carbonyl (C=O) groups is 1. The fourth-order valence-corrected chi connectivity index (χ4v) is 4.74. The summed E-state index contributed by atoms with van der Waals surface area (Å²) in [5.41, 5.74) is 4.26. The van der Waals surface area contributed by atoms with Crippen molar-refractivity contribution in [1.29, 1.82) is 0 Å². The van der Waals surface area contributed by atoms with Crippen molar-refractivity contribution in [1.82, 2.24) is 25.1 Å². The van der Waals surface area contributed by atoms with Gasteiger partial charge in [-0.2, -0.15) is 5.10 Å². The number of carbonyl (C=O) groups excluding carboxylic acids is 1. The minimum Gasteiger partial charge on any atom is -0.349 e. The average molecular weight is 416 g/mol. The van der Waals surface area contributed by atoms with Gasteiger partial charge in [0.1, 0.15) is 11.4 Å². The van der Waals surface area contributed by atoms with Crippen molar-refractivity contribution in [3.05, 3.63) is 78.2 Å². The molecule has 5 rings (SSSR count). The molecule has 4 aromatic rings.